The lowest BCUT2D eigenvalue weighted by Gasteiger charge is -2.11. The number of nitro benzene ring substituents is 1. The molecule has 0 aliphatic carbocycles. The second-order valence-electron chi connectivity index (χ2n) is 3.92. The Morgan fingerprint density at radius 1 is 1.58 bits per heavy atom. The average Bonchev–Trinajstić information content (AvgIpc) is 2.43. The Morgan fingerprint density at radius 2 is 2.37 bits per heavy atom. The SMILES string of the molecule is CCOCCCNC(C#N)c1cccc([N+](=O)[O-])c1. The van der Waals surface area contributed by atoms with Gasteiger partial charge in [0.15, 0.2) is 0 Å². The summed E-state index contributed by atoms with van der Waals surface area (Å²) >= 11 is 0. The average molecular weight is 263 g/mol. The number of nitro groups is 1. The van der Waals surface area contributed by atoms with Crippen LogP contribution in [0.5, 0.6) is 0 Å². The van der Waals surface area contributed by atoms with Crippen molar-refractivity contribution in [3.8, 4) is 6.07 Å². The number of nitriles is 1. The van der Waals surface area contributed by atoms with Gasteiger partial charge in [-0.2, -0.15) is 5.26 Å². The second kappa shape index (κ2) is 8.19. The highest BCUT2D eigenvalue weighted by Gasteiger charge is 2.13. The number of rotatable bonds is 8. The second-order valence-corrected chi connectivity index (χ2v) is 3.92. The summed E-state index contributed by atoms with van der Waals surface area (Å²) in [5, 5.41) is 22.8. The molecule has 0 aromatic heterocycles. The van der Waals surface area contributed by atoms with Gasteiger partial charge in [-0.15, -0.1) is 0 Å². The van der Waals surface area contributed by atoms with E-state index in [9.17, 15) is 10.1 Å². The first-order chi connectivity index (χ1) is 9.19. The Balaban J connectivity index is 2.57. The van der Waals surface area contributed by atoms with Crippen LogP contribution in [0.4, 0.5) is 5.69 Å². The fraction of sp³-hybridized carbons (Fsp3) is 0.462. The Hall–Kier alpha value is -1.97. The molecule has 0 bridgehead atoms. The molecule has 102 valence electrons. The number of nitrogens with zero attached hydrogens (tertiary/aromatic N) is 2. The molecule has 0 aliphatic rings. The van der Waals surface area contributed by atoms with E-state index >= 15 is 0 Å². The van der Waals surface area contributed by atoms with Crippen LogP contribution in [0, 0.1) is 21.4 Å². The summed E-state index contributed by atoms with van der Waals surface area (Å²) in [5.41, 5.74) is 0.599. The van der Waals surface area contributed by atoms with Crippen LogP contribution < -0.4 is 5.32 Å². The number of hydrogen-bond donors (Lipinski definition) is 1. The highest BCUT2D eigenvalue weighted by atomic mass is 16.6. The van der Waals surface area contributed by atoms with Crippen LogP contribution in [0.25, 0.3) is 0 Å². The van der Waals surface area contributed by atoms with Gasteiger partial charge in [0.05, 0.1) is 11.0 Å². The van der Waals surface area contributed by atoms with Crippen molar-refractivity contribution < 1.29 is 9.66 Å². The Morgan fingerprint density at radius 3 is 3.00 bits per heavy atom. The molecule has 19 heavy (non-hydrogen) atoms. The van der Waals surface area contributed by atoms with E-state index in [4.69, 9.17) is 10.00 Å². The van der Waals surface area contributed by atoms with Crippen LogP contribution in [0.2, 0.25) is 0 Å². The quantitative estimate of drug-likeness (QED) is 0.441. The summed E-state index contributed by atoms with van der Waals surface area (Å²) < 4.78 is 5.19. The molecule has 0 spiro atoms. The molecular formula is C13H17N3O3. The van der Waals surface area contributed by atoms with Crippen molar-refractivity contribution in [2.45, 2.75) is 19.4 Å². The fourth-order valence-electron chi connectivity index (χ4n) is 1.62. The molecule has 0 amide bonds. The highest BCUT2D eigenvalue weighted by molar-refractivity contribution is 5.37. The summed E-state index contributed by atoms with van der Waals surface area (Å²) in [7, 11) is 0. The van der Waals surface area contributed by atoms with Gasteiger partial charge in [0.1, 0.15) is 6.04 Å². The lowest BCUT2D eigenvalue weighted by molar-refractivity contribution is -0.384. The summed E-state index contributed by atoms with van der Waals surface area (Å²) in [6.45, 7) is 3.86. The van der Waals surface area contributed by atoms with Gasteiger partial charge in [-0.05, 0) is 25.5 Å². The lowest BCUT2D eigenvalue weighted by atomic mass is 10.1. The number of non-ortho nitro benzene ring substituents is 1. The van der Waals surface area contributed by atoms with Crippen LogP contribution in [0.1, 0.15) is 24.9 Å². The van der Waals surface area contributed by atoms with E-state index in [0.717, 1.165) is 6.42 Å². The predicted molar refractivity (Wildman–Crippen MR) is 70.6 cm³/mol. The highest BCUT2D eigenvalue weighted by Crippen LogP contribution is 2.18. The standard InChI is InChI=1S/C13H17N3O3/c1-2-19-8-4-7-15-13(10-14)11-5-3-6-12(9-11)16(17)18/h3,5-6,9,13,15H,2,4,7-8H2,1H3. The molecule has 6 heteroatoms. The van der Waals surface area contributed by atoms with Gasteiger partial charge in [0, 0.05) is 25.3 Å². The Labute approximate surface area is 112 Å². The van der Waals surface area contributed by atoms with E-state index < -0.39 is 11.0 Å². The first-order valence-electron chi connectivity index (χ1n) is 6.14. The molecule has 1 N–H and O–H groups in total. The van der Waals surface area contributed by atoms with Crippen LogP contribution in [0.15, 0.2) is 24.3 Å². The van der Waals surface area contributed by atoms with Crippen molar-refractivity contribution in [2.75, 3.05) is 19.8 Å². The van der Waals surface area contributed by atoms with Gasteiger partial charge in [-0.25, -0.2) is 0 Å². The Kier molecular flexibility index (Phi) is 6.50. The van der Waals surface area contributed by atoms with Crippen LogP contribution in [-0.2, 0) is 4.74 Å². The minimum absolute atomic E-state index is 0.00568. The zero-order valence-corrected chi connectivity index (χ0v) is 10.8. The Bertz CT molecular complexity index is 457. The van der Waals surface area contributed by atoms with E-state index in [1.54, 1.807) is 12.1 Å². The van der Waals surface area contributed by atoms with E-state index in [2.05, 4.69) is 11.4 Å². The van der Waals surface area contributed by atoms with E-state index in [-0.39, 0.29) is 5.69 Å². The molecule has 1 unspecified atom stereocenters. The zero-order valence-electron chi connectivity index (χ0n) is 10.8. The molecule has 1 aromatic carbocycles. The molecule has 0 saturated heterocycles. The molecule has 1 aromatic rings. The molecule has 0 saturated carbocycles. The third kappa shape index (κ3) is 5.04. The fourth-order valence-corrected chi connectivity index (χ4v) is 1.62. The molecule has 6 nitrogen and oxygen atoms in total. The third-order valence-electron chi connectivity index (χ3n) is 2.56. The predicted octanol–water partition coefficient (Wildman–Crippen LogP) is 2.18. The smallest absolute Gasteiger partial charge is 0.269 e. The van der Waals surface area contributed by atoms with Crippen molar-refractivity contribution in [3.05, 3.63) is 39.9 Å². The summed E-state index contributed by atoms with van der Waals surface area (Å²) in [4.78, 5) is 10.2. The van der Waals surface area contributed by atoms with Gasteiger partial charge in [0.2, 0.25) is 0 Å². The van der Waals surface area contributed by atoms with Gasteiger partial charge < -0.3 is 4.74 Å². The van der Waals surface area contributed by atoms with Crippen LogP contribution in [-0.4, -0.2) is 24.7 Å². The van der Waals surface area contributed by atoms with Crippen molar-refractivity contribution in [2.24, 2.45) is 0 Å². The largest absolute Gasteiger partial charge is 0.382 e. The van der Waals surface area contributed by atoms with Crippen LogP contribution >= 0.6 is 0 Å². The molecule has 0 radical (unpaired) electrons. The zero-order chi connectivity index (χ0) is 14.1. The first-order valence-corrected chi connectivity index (χ1v) is 6.14. The minimum atomic E-state index is -0.540. The van der Waals surface area contributed by atoms with Crippen molar-refractivity contribution in [3.63, 3.8) is 0 Å². The summed E-state index contributed by atoms with van der Waals surface area (Å²) in [6.07, 6.45) is 0.793. The number of hydrogen-bond acceptors (Lipinski definition) is 5. The monoisotopic (exact) mass is 263 g/mol. The normalized spacial score (nSPS) is 11.8. The molecule has 0 aliphatic heterocycles. The molecular weight excluding hydrogens is 246 g/mol. The number of nitrogens with one attached hydrogen (secondary N) is 1. The van der Waals surface area contributed by atoms with Crippen LogP contribution in [0.3, 0.4) is 0 Å². The maximum Gasteiger partial charge on any atom is 0.269 e. The van der Waals surface area contributed by atoms with Crippen molar-refractivity contribution in [1.29, 1.82) is 5.26 Å². The molecule has 0 fully saturated rings. The van der Waals surface area contributed by atoms with E-state index in [1.165, 1.54) is 12.1 Å². The van der Waals surface area contributed by atoms with Gasteiger partial charge >= 0.3 is 0 Å². The van der Waals surface area contributed by atoms with Crippen molar-refractivity contribution >= 4 is 5.69 Å². The minimum Gasteiger partial charge on any atom is -0.382 e. The summed E-state index contributed by atoms with van der Waals surface area (Å²) in [5.74, 6) is 0. The summed E-state index contributed by atoms with van der Waals surface area (Å²) in [6, 6.07) is 7.68. The maximum absolute atomic E-state index is 10.7. The lowest BCUT2D eigenvalue weighted by Crippen LogP contribution is -2.22. The topological polar surface area (TPSA) is 88.2 Å². The van der Waals surface area contributed by atoms with Crippen molar-refractivity contribution in [1.82, 2.24) is 5.32 Å². The van der Waals surface area contributed by atoms with E-state index in [0.29, 0.717) is 25.3 Å². The van der Waals surface area contributed by atoms with Gasteiger partial charge in [-0.1, -0.05) is 12.1 Å². The number of benzene rings is 1. The molecule has 0 heterocycles. The maximum atomic E-state index is 10.7. The third-order valence-corrected chi connectivity index (χ3v) is 2.56. The first kappa shape index (κ1) is 15.1. The molecule has 1 rings (SSSR count). The van der Waals surface area contributed by atoms with E-state index in [1.807, 2.05) is 6.92 Å². The molecule has 1 atom stereocenters. The number of ether oxygens (including phenoxy) is 1. The van der Waals surface area contributed by atoms with Gasteiger partial charge in [0.25, 0.3) is 5.69 Å². The van der Waals surface area contributed by atoms with Gasteiger partial charge in [-0.3, -0.25) is 15.4 Å².